The number of nitrogens with zero attached hydrogens (tertiary/aromatic N) is 2. The van der Waals surface area contributed by atoms with Gasteiger partial charge in [0.1, 0.15) is 23.3 Å². The minimum Gasteiger partial charge on any atom is -0.507 e. The second kappa shape index (κ2) is 8.55. The highest BCUT2D eigenvalue weighted by Gasteiger charge is 2.47. The number of hydrogen-bond donors (Lipinski definition) is 1. The molecule has 2 heterocycles. The van der Waals surface area contributed by atoms with Crippen molar-refractivity contribution in [3.63, 3.8) is 0 Å². The van der Waals surface area contributed by atoms with Crippen molar-refractivity contribution in [1.82, 2.24) is 4.98 Å². The summed E-state index contributed by atoms with van der Waals surface area (Å²) in [6, 6.07) is 16.4. The van der Waals surface area contributed by atoms with E-state index in [1.807, 2.05) is 19.1 Å². The van der Waals surface area contributed by atoms with Gasteiger partial charge in [0.2, 0.25) is 0 Å². The highest BCUT2D eigenvalue weighted by Crippen LogP contribution is 2.43. The van der Waals surface area contributed by atoms with Crippen LogP contribution in [0.4, 0.5) is 5.69 Å². The molecule has 162 valence electrons. The molecule has 1 aliphatic heterocycles. The first-order valence-corrected chi connectivity index (χ1v) is 9.97. The lowest BCUT2D eigenvalue weighted by molar-refractivity contribution is -0.132. The van der Waals surface area contributed by atoms with Crippen molar-refractivity contribution >= 4 is 23.1 Å². The van der Waals surface area contributed by atoms with Crippen molar-refractivity contribution < 1.29 is 24.2 Å². The van der Waals surface area contributed by atoms with Crippen molar-refractivity contribution in [1.29, 1.82) is 0 Å². The number of aromatic nitrogens is 1. The van der Waals surface area contributed by atoms with E-state index in [1.54, 1.807) is 54.7 Å². The summed E-state index contributed by atoms with van der Waals surface area (Å²) in [6.45, 7) is 1.93. The first-order valence-electron chi connectivity index (χ1n) is 9.97. The van der Waals surface area contributed by atoms with Crippen LogP contribution in [0.15, 0.2) is 72.4 Å². The van der Waals surface area contributed by atoms with Gasteiger partial charge in [-0.2, -0.15) is 0 Å². The van der Waals surface area contributed by atoms with E-state index in [1.165, 1.54) is 19.1 Å². The number of anilines is 1. The van der Waals surface area contributed by atoms with Crippen LogP contribution in [-0.4, -0.2) is 36.0 Å². The predicted octanol–water partition coefficient (Wildman–Crippen LogP) is 4.03. The number of hydrogen-bond acceptors (Lipinski definition) is 6. The maximum Gasteiger partial charge on any atom is 0.300 e. The van der Waals surface area contributed by atoms with Crippen molar-refractivity contribution in [3.8, 4) is 11.5 Å². The third-order valence-electron chi connectivity index (χ3n) is 5.39. The second-order valence-corrected chi connectivity index (χ2v) is 7.33. The molecule has 1 fully saturated rings. The fourth-order valence-corrected chi connectivity index (χ4v) is 3.76. The lowest BCUT2D eigenvalue weighted by Crippen LogP contribution is -2.29. The number of Topliss-reactive ketones (excluding diaryl/α,β-unsaturated/α-hetero) is 1. The van der Waals surface area contributed by atoms with Gasteiger partial charge in [-0.25, -0.2) is 0 Å². The van der Waals surface area contributed by atoms with Crippen LogP contribution in [0.2, 0.25) is 0 Å². The summed E-state index contributed by atoms with van der Waals surface area (Å²) in [5.74, 6) is -1.04. The Morgan fingerprint density at radius 2 is 1.75 bits per heavy atom. The second-order valence-electron chi connectivity index (χ2n) is 7.33. The zero-order valence-corrected chi connectivity index (χ0v) is 17.9. The molecule has 1 aromatic heterocycles. The normalized spacial score (nSPS) is 17.5. The first-order chi connectivity index (χ1) is 15.5. The molecular formula is C25H22N2O5. The van der Waals surface area contributed by atoms with Gasteiger partial charge in [-0.15, -0.1) is 0 Å². The Balaban J connectivity index is 1.95. The lowest BCUT2D eigenvalue weighted by Gasteiger charge is -2.24. The zero-order valence-electron chi connectivity index (χ0n) is 17.9. The summed E-state index contributed by atoms with van der Waals surface area (Å²) in [5.41, 5.74) is 2.23. The molecule has 1 saturated heterocycles. The molecule has 3 aromatic rings. The van der Waals surface area contributed by atoms with Gasteiger partial charge in [-0.1, -0.05) is 23.8 Å². The number of amides is 1. The van der Waals surface area contributed by atoms with Gasteiger partial charge in [0.25, 0.3) is 11.7 Å². The Hall–Kier alpha value is -4.13. The molecule has 0 bridgehead atoms. The van der Waals surface area contributed by atoms with E-state index in [0.29, 0.717) is 22.9 Å². The quantitative estimate of drug-likeness (QED) is 0.373. The Morgan fingerprint density at radius 1 is 1.00 bits per heavy atom. The minimum atomic E-state index is -0.897. The number of aliphatic hydroxyl groups excluding tert-OH is 1. The largest absolute Gasteiger partial charge is 0.507 e. The van der Waals surface area contributed by atoms with Gasteiger partial charge >= 0.3 is 0 Å². The maximum absolute atomic E-state index is 13.2. The van der Waals surface area contributed by atoms with E-state index in [2.05, 4.69) is 4.98 Å². The van der Waals surface area contributed by atoms with E-state index >= 15 is 0 Å². The van der Waals surface area contributed by atoms with E-state index in [-0.39, 0.29) is 16.9 Å². The van der Waals surface area contributed by atoms with E-state index in [4.69, 9.17) is 9.47 Å². The number of pyridine rings is 1. The number of ketones is 1. The topological polar surface area (TPSA) is 89.0 Å². The number of ether oxygens (including phenoxy) is 2. The van der Waals surface area contributed by atoms with Crippen molar-refractivity contribution in [2.24, 2.45) is 0 Å². The van der Waals surface area contributed by atoms with Crippen molar-refractivity contribution in [2.45, 2.75) is 13.0 Å². The van der Waals surface area contributed by atoms with E-state index in [9.17, 15) is 14.7 Å². The Labute approximate surface area is 185 Å². The van der Waals surface area contributed by atoms with Crippen molar-refractivity contribution in [2.75, 3.05) is 19.1 Å². The molecule has 0 spiro atoms. The van der Waals surface area contributed by atoms with Gasteiger partial charge in [0.15, 0.2) is 0 Å². The molecule has 4 rings (SSSR count). The summed E-state index contributed by atoms with van der Waals surface area (Å²) in [5, 5.41) is 11.3. The van der Waals surface area contributed by atoms with Crippen LogP contribution in [0.25, 0.3) is 5.76 Å². The molecule has 1 atom stereocenters. The van der Waals surface area contributed by atoms with Crippen LogP contribution < -0.4 is 14.4 Å². The fourth-order valence-electron chi connectivity index (χ4n) is 3.76. The summed E-state index contributed by atoms with van der Waals surface area (Å²) < 4.78 is 10.6. The molecule has 1 aliphatic rings. The average Bonchev–Trinajstić information content (AvgIpc) is 3.09. The summed E-state index contributed by atoms with van der Waals surface area (Å²) >= 11 is 0. The maximum atomic E-state index is 13.2. The number of rotatable bonds is 5. The molecule has 32 heavy (non-hydrogen) atoms. The molecule has 0 saturated carbocycles. The number of benzene rings is 2. The predicted molar refractivity (Wildman–Crippen MR) is 120 cm³/mol. The fraction of sp³-hybridized carbons (Fsp3) is 0.160. The van der Waals surface area contributed by atoms with E-state index < -0.39 is 17.7 Å². The van der Waals surface area contributed by atoms with Crippen LogP contribution in [0.1, 0.15) is 22.9 Å². The molecule has 7 heteroatoms. The molecule has 1 amide bonds. The Bertz CT molecular complexity index is 1200. The molecule has 0 aliphatic carbocycles. The SMILES string of the molecule is COc1ccc(/C(O)=C2/C(=O)C(=O)N(c3ccc(C)cc3)C2c2ccccn2)c(OC)c1. The van der Waals surface area contributed by atoms with E-state index in [0.717, 1.165) is 5.56 Å². The van der Waals surface area contributed by atoms with Crippen LogP contribution in [0, 0.1) is 6.92 Å². The zero-order chi connectivity index (χ0) is 22.8. The van der Waals surface area contributed by atoms with Gasteiger partial charge in [-0.3, -0.25) is 19.5 Å². The highest BCUT2D eigenvalue weighted by molar-refractivity contribution is 6.51. The standard InChI is InChI=1S/C25H22N2O5/c1-15-7-9-16(10-8-15)27-22(19-6-4-5-13-26-19)21(24(29)25(27)30)23(28)18-12-11-17(31-2)14-20(18)32-3/h4-14,22,28H,1-3H3/b23-21-. The third kappa shape index (κ3) is 3.58. The number of methoxy groups -OCH3 is 2. The van der Waals surface area contributed by atoms with Gasteiger partial charge in [0.05, 0.1) is 31.1 Å². The van der Waals surface area contributed by atoms with Gasteiger partial charge in [-0.05, 0) is 43.3 Å². The Kier molecular flexibility index (Phi) is 5.64. The highest BCUT2D eigenvalue weighted by atomic mass is 16.5. The van der Waals surface area contributed by atoms with Crippen LogP contribution in [0.3, 0.4) is 0 Å². The molecule has 1 unspecified atom stereocenters. The third-order valence-corrected chi connectivity index (χ3v) is 5.39. The molecule has 7 nitrogen and oxygen atoms in total. The number of carbonyl (C=O) groups excluding carboxylic acids is 2. The molecular weight excluding hydrogens is 408 g/mol. The van der Waals surface area contributed by atoms with Crippen LogP contribution >= 0.6 is 0 Å². The van der Waals surface area contributed by atoms with Gasteiger partial charge in [0, 0.05) is 18.0 Å². The number of aliphatic hydroxyl groups is 1. The van der Waals surface area contributed by atoms with Crippen LogP contribution in [-0.2, 0) is 9.59 Å². The van der Waals surface area contributed by atoms with Gasteiger partial charge < -0.3 is 14.6 Å². The minimum absolute atomic E-state index is 0.0576. The van der Waals surface area contributed by atoms with Crippen LogP contribution in [0.5, 0.6) is 11.5 Å². The number of carbonyl (C=O) groups is 2. The summed E-state index contributed by atoms with van der Waals surface area (Å²) in [4.78, 5) is 32.0. The molecule has 0 radical (unpaired) electrons. The number of aryl methyl sites for hydroxylation is 1. The monoisotopic (exact) mass is 430 g/mol. The Morgan fingerprint density at radius 3 is 2.38 bits per heavy atom. The average molecular weight is 430 g/mol. The molecule has 1 N–H and O–H groups in total. The smallest absolute Gasteiger partial charge is 0.300 e. The molecule has 2 aromatic carbocycles. The summed E-state index contributed by atoms with van der Waals surface area (Å²) in [7, 11) is 2.97. The lowest BCUT2D eigenvalue weighted by atomic mass is 9.97. The summed E-state index contributed by atoms with van der Waals surface area (Å²) in [6.07, 6.45) is 1.58. The van der Waals surface area contributed by atoms with Crippen molar-refractivity contribution in [3.05, 3.63) is 89.3 Å². The first kappa shape index (κ1) is 21.1.